The summed E-state index contributed by atoms with van der Waals surface area (Å²) in [6.07, 6.45) is 2.62. The lowest BCUT2D eigenvalue weighted by molar-refractivity contribution is -0.143. The number of hydrogen-bond donors (Lipinski definition) is 8. The summed E-state index contributed by atoms with van der Waals surface area (Å²) in [5.41, 5.74) is 6.43. The first-order valence-electron chi connectivity index (χ1n) is 10.7. The Labute approximate surface area is 205 Å². The number of carbonyl (C=O) groups excluding carboxylic acids is 3. The van der Waals surface area contributed by atoms with Crippen LogP contribution in [-0.2, 0) is 30.4 Å². The number of carboxylic acids is 2. The minimum atomic E-state index is -1.55. The first-order chi connectivity index (χ1) is 16.5. The molecule has 5 atom stereocenters. The Bertz CT molecular complexity index is 866. The molecule has 3 amide bonds. The van der Waals surface area contributed by atoms with Crippen molar-refractivity contribution in [3.63, 3.8) is 0 Å². The van der Waals surface area contributed by atoms with Crippen molar-refractivity contribution >= 4 is 41.4 Å². The number of imidazole rings is 1. The number of aromatic nitrogens is 2. The quantitative estimate of drug-likeness (QED) is 0.117. The van der Waals surface area contributed by atoms with Crippen LogP contribution >= 0.6 is 11.8 Å². The third-order valence-corrected chi connectivity index (χ3v) is 5.54. The first kappa shape index (κ1) is 29.9. The zero-order chi connectivity index (χ0) is 26.5. The summed E-state index contributed by atoms with van der Waals surface area (Å²) in [5.74, 6) is -4.68. The molecule has 196 valence electrons. The number of nitrogens with one attached hydrogen (secondary N) is 4. The number of carboxylic acid groups (broad SMARTS) is 2. The van der Waals surface area contributed by atoms with E-state index in [-0.39, 0.29) is 19.3 Å². The Kier molecular flexibility index (Phi) is 12.8. The van der Waals surface area contributed by atoms with Crippen molar-refractivity contribution in [2.75, 3.05) is 12.0 Å². The molecule has 0 aromatic carbocycles. The van der Waals surface area contributed by atoms with Gasteiger partial charge >= 0.3 is 11.9 Å². The number of aliphatic carboxylic acids is 2. The number of aromatic amines is 1. The molecule has 5 unspecified atom stereocenters. The van der Waals surface area contributed by atoms with Crippen LogP contribution < -0.4 is 21.7 Å². The molecular formula is C20H32N6O8S. The number of carbonyl (C=O) groups is 5. The third kappa shape index (κ3) is 10.7. The molecule has 1 heterocycles. The minimum absolute atomic E-state index is 0.0738. The molecular weight excluding hydrogens is 484 g/mol. The van der Waals surface area contributed by atoms with Gasteiger partial charge in [-0.2, -0.15) is 11.8 Å². The van der Waals surface area contributed by atoms with Crippen LogP contribution in [0, 0.1) is 0 Å². The van der Waals surface area contributed by atoms with E-state index < -0.39 is 66.4 Å². The van der Waals surface area contributed by atoms with Crippen LogP contribution in [0.1, 0.15) is 31.9 Å². The first-order valence-corrected chi connectivity index (χ1v) is 12.1. The second-order valence-corrected chi connectivity index (χ2v) is 8.77. The van der Waals surface area contributed by atoms with Crippen molar-refractivity contribution in [2.24, 2.45) is 5.73 Å². The molecule has 1 aromatic rings. The molecule has 0 aliphatic rings. The summed E-state index contributed by atoms with van der Waals surface area (Å²) in [6.45, 7) is 1.22. The normalized spacial score (nSPS) is 15.2. The maximum atomic E-state index is 12.9. The second kappa shape index (κ2) is 15.0. The number of H-pyrrole nitrogens is 1. The van der Waals surface area contributed by atoms with E-state index in [9.17, 15) is 34.2 Å². The molecule has 0 aliphatic carbocycles. The second-order valence-electron chi connectivity index (χ2n) is 7.79. The Morgan fingerprint density at radius 2 is 1.71 bits per heavy atom. The summed E-state index contributed by atoms with van der Waals surface area (Å²) in [5, 5.41) is 35.3. The van der Waals surface area contributed by atoms with Gasteiger partial charge in [-0.15, -0.1) is 0 Å². The van der Waals surface area contributed by atoms with Crippen molar-refractivity contribution in [1.29, 1.82) is 0 Å². The van der Waals surface area contributed by atoms with Gasteiger partial charge in [0.1, 0.15) is 18.1 Å². The Morgan fingerprint density at radius 3 is 2.23 bits per heavy atom. The number of aliphatic hydroxyl groups excluding tert-OH is 1. The van der Waals surface area contributed by atoms with Crippen molar-refractivity contribution < 1.29 is 39.3 Å². The van der Waals surface area contributed by atoms with Gasteiger partial charge in [0, 0.05) is 24.7 Å². The lowest BCUT2D eigenvalue weighted by Crippen LogP contribution is -2.60. The smallest absolute Gasteiger partial charge is 0.326 e. The van der Waals surface area contributed by atoms with Crippen molar-refractivity contribution in [3.8, 4) is 0 Å². The van der Waals surface area contributed by atoms with E-state index >= 15 is 0 Å². The van der Waals surface area contributed by atoms with Gasteiger partial charge in [-0.25, -0.2) is 9.78 Å². The summed E-state index contributed by atoms with van der Waals surface area (Å²) in [6, 6.07) is -5.26. The van der Waals surface area contributed by atoms with E-state index in [1.165, 1.54) is 31.2 Å². The lowest BCUT2D eigenvalue weighted by atomic mass is 10.1. The number of amides is 3. The average Bonchev–Trinajstić information content (AvgIpc) is 3.29. The van der Waals surface area contributed by atoms with E-state index in [0.717, 1.165) is 0 Å². The van der Waals surface area contributed by atoms with Gasteiger partial charge in [0.25, 0.3) is 0 Å². The highest BCUT2D eigenvalue weighted by molar-refractivity contribution is 7.98. The summed E-state index contributed by atoms with van der Waals surface area (Å²) in [4.78, 5) is 67.0. The molecule has 0 spiro atoms. The van der Waals surface area contributed by atoms with Crippen molar-refractivity contribution in [1.82, 2.24) is 25.9 Å². The SMILES string of the molecule is CSCCC(NC(=O)C(NC(=O)C(CCC(=O)O)NC(=O)C(N)Cc1cnc[nH]1)C(C)O)C(=O)O. The van der Waals surface area contributed by atoms with E-state index in [2.05, 4.69) is 25.9 Å². The molecule has 0 radical (unpaired) electrons. The molecule has 14 nitrogen and oxygen atoms in total. The van der Waals surface area contributed by atoms with Crippen LogP contribution in [-0.4, -0.2) is 97.2 Å². The molecule has 0 bridgehead atoms. The average molecular weight is 517 g/mol. The fourth-order valence-electron chi connectivity index (χ4n) is 2.95. The van der Waals surface area contributed by atoms with E-state index in [1.54, 1.807) is 6.26 Å². The monoisotopic (exact) mass is 516 g/mol. The Hall–Kier alpha value is -3.17. The lowest BCUT2D eigenvalue weighted by Gasteiger charge is -2.26. The number of nitrogens with two attached hydrogens (primary N) is 1. The molecule has 0 fully saturated rings. The zero-order valence-corrected chi connectivity index (χ0v) is 20.2. The molecule has 15 heteroatoms. The maximum absolute atomic E-state index is 12.9. The molecule has 0 saturated carbocycles. The van der Waals surface area contributed by atoms with E-state index in [0.29, 0.717) is 11.4 Å². The fraction of sp³-hybridized carbons (Fsp3) is 0.600. The Balaban J connectivity index is 2.92. The minimum Gasteiger partial charge on any atom is -0.481 e. The molecule has 1 aromatic heterocycles. The van der Waals surface area contributed by atoms with Crippen LogP contribution in [0.5, 0.6) is 0 Å². The van der Waals surface area contributed by atoms with Crippen LogP contribution in [0.4, 0.5) is 0 Å². The number of hydrogen-bond acceptors (Lipinski definition) is 9. The molecule has 0 saturated heterocycles. The van der Waals surface area contributed by atoms with Crippen LogP contribution in [0.2, 0.25) is 0 Å². The van der Waals surface area contributed by atoms with Crippen molar-refractivity contribution in [3.05, 3.63) is 18.2 Å². The van der Waals surface area contributed by atoms with Crippen molar-refractivity contribution in [2.45, 2.75) is 62.9 Å². The molecule has 35 heavy (non-hydrogen) atoms. The Morgan fingerprint density at radius 1 is 1.06 bits per heavy atom. The molecule has 9 N–H and O–H groups in total. The predicted molar refractivity (Wildman–Crippen MR) is 125 cm³/mol. The van der Waals surface area contributed by atoms with Gasteiger partial charge in [-0.3, -0.25) is 19.2 Å². The topological polar surface area (TPSA) is 237 Å². The standard InChI is InChI=1S/C20H32N6O8S/c1-10(27)16(19(32)25-14(20(33)34)5-6-35-2)26-18(31)13(3-4-15(28)29)24-17(30)12(21)7-11-8-22-9-23-11/h8-10,12-14,16,27H,3-7,21H2,1-2H3,(H,22,23)(H,24,30)(H,25,32)(H,26,31)(H,28,29)(H,33,34). The van der Waals surface area contributed by atoms with Gasteiger partial charge in [0.15, 0.2) is 0 Å². The fourth-order valence-corrected chi connectivity index (χ4v) is 3.43. The molecule has 1 rings (SSSR count). The number of thioether (sulfide) groups is 1. The predicted octanol–water partition coefficient (Wildman–Crippen LogP) is -2.18. The maximum Gasteiger partial charge on any atom is 0.326 e. The van der Waals surface area contributed by atoms with Gasteiger partial charge in [-0.1, -0.05) is 0 Å². The third-order valence-electron chi connectivity index (χ3n) is 4.90. The number of nitrogens with zero attached hydrogens (tertiary/aromatic N) is 1. The molecule has 0 aliphatic heterocycles. The van der Waals surface area contributed by atoms with E-state index in [1.807, 2.05) is 0 Å². The van der Waals surface area contributed by atoms with Gasteiger partial charge < -0.3 is 42.0 Å². The van der Waals surface area contributed by atoms with Crippen LogP contribution in [0.25, 0.3) is 0 Å². The largest absolute Gasteiger partial charge is 0.481 e. The van der Waals surface area contributed by atoms with Gasteiger partial charge in [0.2, 0.25) is 17.7 Å². The van der Waals surface area contributed by atoms with E-state index in [4.69, 9.17) is 10.8 Å². The summed E-state index contributed by atoms with van der Waals surface area (Å²) < 4.78 is 0. The summed E-state index contributed by atoms with van der Waals surface area (Å²) >= 11 is 1.38. The van der Waals surface area contributed by atoms with Crippen LogP contribution in [0.3, 0.4) is 0 Å². The van der Waals surface area contributed by atoms with Gasteiger partial charge in [0.05, 0.1) is 18.5 Å². The summed E-state index contributed by atoms with van der Waals surface area (Å²) in [7, 11) is 0. The highest BCUT2D eigenvalue weighted by atomic mass is 32.2. The van der Waals surface area contributed by atoms with Crippen LogP contribution in [0.15, 0.2) is 12.5 Å². The highest BCUT2D eigenvalue weighted by Crippen LogP contribution is 2.06. The zero-order valence-electron chi connectivity index (χ0n) is 19.4. The van der Waals surface area contributed by atoms with Gasteiger partial charge in [-0.05, 0) is 31.8 Å². The number of aliphatic hydroxyl groups is 1. The number of rotatable bonds is 16. The highest BCUT2D eigenvalue weighted by Gasteiger charge is 2.32.